The van der Waals surface area contributed by atoms with E-state index in [-0.39, 0.29) is 5.82 Å². The number of amides is 2. The number of halogens is 1. The maximum absolute atomic E-state index is 13.8. The molecule has 0 saturated heterocycles. The van der Waals surface area contributed by atoms with E-state index in [1.807, 2.05) is 0 Å². The molecule has 1 aromatic heterocycles. The number of carbonyl (C=O) groups excluding carboxylic acids is 1. The zero-order chi connectivity index (χ0) is 14.0. The van der Waals surface area contributed by atoms with Crippen molar-refractivity contribution in [1.82, 2.24) is 15.3 Å². The molecule has 1 fully saturated rings. The van der Waals surface area contributed by atoms with Crippen LogP contribution in [0.1, 0.15) is 18.4 Å². The summed E-state index contributed by atoms with van der Waals surface area (Å²) in [6.45, 7) is 0. The van der Waals surface area contributed by atoms with Crippen molar-refractivity contribution in [1.29, 1.82) is 0 Å². The highest BCUT2D eigenvalue weighted by molar-refractivity contribution is 5.89. The summed E-state index contributed by atoms with van der Waals surface area (Å²) in [6.07, 6.45) is 4.34. The van der Waals surface area contributed by atoms with Gasteiger partial charge in [0.1, 0.15) is 18.0 Å². The van der Waals surface area contributed by atoms with E-state index < -0.39 is 11.6 Å². The summed E-state index contributed by atoms with van der Waals surface area (Å²) < 4.78 is 13.8. The molecule has 0 bridgehead atoms. The lowest BCUT2D eigenvalue weighted by Gasteiger charge is -2.18. The topological polar surface area (TPSA) is 66.9 Å². The van der Waals surface area contributed by atoms with E-state index in [1.165, 1.54) is 18.6 Å². The normalized spacial score (nSPS) is 15.4. The van der Waals surface area contributed by atoms with Crippen molar-refractivity contribution in [3.8, 4) is 0 Å². The lowest BCUT2D eigenvalue weighted by molar-refractivity contribution is 0.247. The maximum Gasteiger partial charge on any atom is 0.321 e. The molecule has 20 heavy (non-hydrogen) atoms. The molecule has 2 amide bonds. The average Bonchev–Trinajstić information content (AvgIpc) is 3.20. The Morgan fingerprint density at radius 1 is 1.25 bits per heavy atom. The van der Waals surface area contributed by atoms with Gasteiger partial charge < -0.3 is 5.32 Å². The van der Waals surface area contributed by atoms with E-state index in [0.717, 1.165) is 12.8 Å². The van der Waals surface area contributed by atoms with Crippen LogP contribution in [0.15, 0.2) is 42.9 Å². The van der Waals surface area contributed by atoms with Crippen LogP contribution in [-0.2, 0) is 5.54 Å². The fraction of sp³-hybridized carbons (Fsp3) is 0.214. The first kappa shape index (κ1) is 12.5. The van der Waals surface area contributed by atoms with Gasteiger partial charge in [0.15, 0.2) is 0 Å². The third-order valence-corrected chi connectivity index (χ3v) is 3.32. The molecule has 1 heterocycles. The lowest BCUT2D eigenvalue weighted by Crippen LogP contribution is -2.38. The number of rotatable bonds is 3. The number of benzene rings is 1. The van der Waals surface area contributed by atoms with Gasteiger partial charge >= 0.3 is 6.03 Å². The molecule has 1 saturated carbocycles. The zero-order valence-electron chi connectivity index (χ0n) is 10.6. The van der Waals surface area contributed by atoms with Crippen LogP contribution in [0.4, 0.5) is 15.0 Å². The Labute approximate surface area is 115 Å². The Hall–Kier alpha value is -2.50. The summed E-state index contributed by atoms with van der Waals surface area (Å²) in [5, 5.41) is 5.43. The van der Waals surface area contributed by atoms with E-state index in [9.17, 15) is 9.18 Å². The Kier molecular flexibility index (Phi) is 3.06. The van der Waals surface area contributed by atoms with Crippen molar-refractivity contribution in [2.45, 2.75) is 18.4 Å². The van der Waals surface area contributed by atoms with Crippen molar-refractivity contribution >= 4 is 11.8 Å². The Bertz CT molecular complexity index is 628. The first-order chi connectivity index (χ1) is 9.70. The number of hydrogen-bond acceptors (Lipinski definition) is 3. The average molecular weight is 272 g/mol. The van der Waals surface area contributed by atoms with Crippen LogP contribution in [0.3, 0.4) is 0 Å². The molecular weight excluding hydrogens is 259 g/mol. The minimum absolute atomic E-state index is 0.299. The van der Waals surface area contributed by atoms with Gasteiger partial charge in [0, 0.05) is 11.8 Å². The maximum atomic E-state index is 13.8. The van der Waals surface area contributed by atoms with Crippen molar-refractivity contribution in [3.05, 3.63) is 54.2 Å². The van der Waals surface area contributed by atoms with Gasteiger partial charge in [-0.1, -0.05) is 18.2 Å². The van der Waals surface area contributed by atoms with E-state index >= 15 is 0 Å². The van der Waals surface area contributed by atoms with E-state index in [0.29, 0.717) is 11.4 Å². The van der Waals surface area contributed by atoms with E-state index in [2.05, 4.69) is 20.6 Å². The summed E-state index contributed by atoms with van der Waals surface area (Å²) in [7, 11) is 0. The number of anilines is 1. The molecule has 1 aromatic carbocycles. The molecule has 5 nitrogen and oxygen atoms in total. The van der Waals surface area contributed by atoms with Crippen molar-refractivity contribution in [3.63, 3.8) is 0 Å². The first-order valence-corrected chi connectivity index (χ1v) is 6.30. The summed E-state index contributed by atoms with van der Waals surface area (Å²) >= 11 is 0. The van der Waals surface area contributed by atoms with Gasteiger partial charge in [0.25, 0.3) is 0 Å². The van der Waals surface area contributed by atoms with Gasteiger partial charge in [0.2, 0.25) is 0 Å². The van der Waals surface area contributed by atoms with E-state index in [1.54, 1.807) is 24.3 Å². The van der Waals surface area contributed by atoms with Crippen LogP contribution in [0.2, 0.25) is 0 Å². The Morgan fingerprint density at radius 2 is 2.05 bits per heavy atom. The summed E-state index contributed by atoms with van der Waals surface area (Å²) in [5.41, 5.74) is -0.0690. The summed E-state index contributed by atoms with van der Waals surface area (Å²) in [5.74, 6) is 0.106. The van der Waals surface area contributed by atoms with Crippen LogP contribution in [0.5, 0.6) is 0 Å². The van der Waals surface area contributed by atoms with Crippen LogP contribution >= 0.6 is 0 Å². The molecular formula is C14H13FN4O. The Morgan fingerprint density at radius 3 is 2.70 bits per heavy atom. The van der Waals surface area contributed by atoms with Crippen molar-refractivity contribution in [2.24, 2.45) is 0 Å². The molecule has 0 unspecified atom stereocenters. The monoisotopic (exact) mass is 272 g/mol. The minimum atomic E-state index is -0.595. The number of urea groups is 1. The molecule has 2 N–H and O–H groups in total. The highest BCUT2D eigenvalue weighted by atomic mass is 19.1. The molecule has 0 aliphatic heterocycles. The smallest absolute Gasteiger partial charge is 0.321 e. The minimum Gasteiger partial charge on any atom is -0.328 e. The van der Waals surface area contributed by atoms with Crippen molar-refractivity contribution in [2.75, 3.05) is 5.32 Å². The van der Waals surface area contributed by atoms with Crippen LogP contribution in [-0.4, -0.2) is 16.0 Å². The fourth-order valence-corrected chi connectivity index (χ4v) is 2.17. The number of hydrogen-bond donors (Lipinski definition) is 2. The summed E-state index contributed by atoms with van der Waals surface area (Å²) in [4.78, 5) is 19.6. The number of nitrogens with one attached hydrogen (secondary N) is 2. The fourth-order valence-electron chi connectivity index (χ4n) is 2.17. The van der Waals surface area contributed by atoms with Crippen LogP contribution in [0.25, 0.3) is 0 Å². The van der Waals surface area contributed by atoms with E-state index in [4.69, 9.17) is 0 Å². The highest BCUT2D eigenvalue weighted by Crippen LogP contribution is 2.46. The predicted octanol–water partition coefficient (Wildman–Crippen LogP) is 2.43. The second kappa shape index (κ2) is 4.88. The SMILES string of the molecule is O=C(Nc1ccncn1)NC1(c2ccccc2F)CC1. The molecule has 6 heteroatoms. The highest BCUT2D eigenvalue weighted by Gasteiger charge is 2.47. The Balaban J connectivity index is 1.72. The zero-order valence-corrected chi connectivity index (χ0v) is 10.6. The molecule has 3 rings (SSSR count). The second-order valence-corrected chi connectivity index (χ2v) is 4.74. The van der Waals surface area contributed by atoms with Crippen LogP contribution < -0.4 is 10.6 Å². The molecule has 2 aromatic rings. The van der Waals surface area contributed by atoms with Gasteiger partial charge in [-0.2, -0.15) is 0 Å². The van der Waals surface area contributed by atoms with Crippen molar-refractivity contribution < 1.29 is 9.18 Å². The standard InChI is InChI=1S/C14H13FN4O/c15-11-4-2-1-3-10(11)14(6-7-14)19-13(20)18-12-5-8-16-9-17-12/h1-5,8-9H,6-7H2,(H2,16,17,18,19,20). The van der Waals surface area contributed by atoms with Gasteiger partial charge in [-0.15, -0.1) is 0 Å². The molecule has 102 valence electrons. The van der Waals surface area contributed by atoms with Gasteiger partial charge in [-0.05, 0) is 25.0 Å². The lowest BCUT2D eigenvalue weighted by atomic mass is 10.0. The third-order valence-electron chi connectivity index (χ3n) is 3.32. The molecule has 0 radical (unpaired) electrons. The molecule has 1 aliphatic carbocycles. The van der Waals surface area contributed by atoms with Crippen LogP contribution in [0, 0.1) is 5.82 Å². The number of carbonyl (C=O) groups is 1. The molecule has 1 aliphatic rings. The largest absolute Gasteiger partial charge is 0.328 e. The number of aromatic nitrogens is 2. The molecule has 0 atom stereocenters. The molecule has 0 spiro atoms. The van der Waals surface area contributed by atoms with Gasteiger partial charge in [0.05, 0.1) is 5.54 Å². The first-order valence-electron chi connectivity index (χ1n) is 6.30. The second-order valence-electron chi connectivity index (χ2n) is 4.74. The van der Waals surface area contributed by atoms with Gasteiger partial charge in [-0.3, -0.25) is 5.32 Å². The van der Waals surface area contributed by atoms with Gasteiger partial charge in [-0.25, -0.2) is 19.2 Å². The third kappa shape index (κ3) is 2.45. The summed E-state index contributed by atoms with van der Waals surface area (Å²) in [6, 6.07) is 7.69. The predicted molar refractivity (Wildman–Crippen MR) is 71.5 cm³/mol. The quantitative estimate of drug-likeness (QED) is 0.901. The number of nitrogens with zero attached hydrogens (tertiary/aromatic N) is 2.